The molecular weight excluding hydrogens is 210 g/mol. The van der Waals surface area contributed by atoms with Crippen LogP contribution in [0.2, 0.25) is 0 Å². The van der Waals surface area contributed by atoms with Crippen molar-refractivity contribution in [2.24, 2.45) is 5.73 Å². The van der Waals surface area contributed by atoms with Crippen LogP contribution in [-0.4, -0.2) is 26.5 Å². The Morgan fingerprint density at radius 3 is 2.12 bits per heavy atom. The lowest BCUT2D eigenvalue weighted by Crippen LogP contribution is -2.26. The molecule has 1 aromatic carbocycles. The Balaban J connectivity index is 3.03. The lowest BCUT2D eigenvalue weighted by atomic mass is 9.97. The number of hydrogen-bond donors (Lipinski definition) is 5. The van der Waals surface area contributed by atoms with Crippen LogP contribution in [-0.2, 0) is 0 Å². The summed E-state index contributed by atoms with van der Waals surface area (Å²) in [6, 6.07) is 1.28. The predicted octanol–water partition coefficient (Wildman–Crippen LogP) is 0.964. The molecule has 5 heteroatoms. The van der Waals surface area contributed by atoms with Crippen molar-refractivity contribution in [3.05, 3.63) is 17.7 Å². The van der Waals surface area contributed by atoms with Gasteiger partial charge in [0.2, 0.25) is 0 Å². The molecule has 0 heterocycles. The lowest BCUT2D eigenvalue weighted by Gasteiger charge is -2.20. The van der Waals surface area contributed by atoms with Gasteiger partial charge in [0.05, 0.1) is 17.7 Å². The van der Waals surface area contributed by atoms with Crippen molar-refractivity contribution in [3.63, 3.8) is 0 Å². The van der Waals surface area contributed by atoms with Crippen LogP contribution in [0.1, 0.15) is 31.4 Å². The van der Waals surface area contributed by atoms with Crippen molar-refractivity contribution in [2.45, 2.75) is 31.9 Å². The van der Waals surface area contributed by atoms with Gasteiger partial charge in [-0.2, -0.15) is 0 Å². The van der Waals surface area contributed by atoms with Crippen molar-refractivity contribution in [1.82, 2.24) is 0 Å². The third kappa shape index (κ3) is 2.56. The van der Waals surface area contributed by atoms with Gasteiger partial charge >= 0.3 is 0 Å². The van der Waals surface area contributed by atoms with Crippen LogP contribution in [0.15, 0.2) is 12.1 Å². The van der Waals surface area contributed by atoms with Crippen LogP contribution < -0.4 is 5.73 Å². The minimum Gasteiger partial charge on any atom is -0.508 e. The quantitative estimate of drug-likeness (QED) is 0.526. The molecule has 1 rings (SSSR count). The molecule has 0 aliphatic carbocycles. The molecule has 5 nitrogen and oxygen atoms in total. The molecule has 6 N–H and O–H groups in total. The Labute approximate surface area is 93.8 Å². The third-order valence-corrected chi connectivity index (χ3v) is 2.45. The zero-order valence-corrected chi connectivity index (χ0v) is 9.09. The first-order valence-corrected chi connectivity index (χ1v) is 5.15. The summed E-state index contributed by atoms with van der Waals surface area (Å²) in [6.45, 7) is 1.90. The zero-order chi connectivity index (χ0) is 12.3. The predicted molar refractivity (Wildman–Crippen MR) is 59.3 cm³/mol. The van der Waals surface area contributed by atoms with Crippen molar-refractivity contribution in [2.75, 3.05) is 0 Å². The molecule has 0 aromatic heterocycles. The van der Waals surface area contributed by atoms with Crippen LogP contribution in [0.3, 0.4) is 0 Å². The van der Waals surface area contributed by atoms with Gasteiger partial charge in [0.25, 0.3) is 0 Å². The van der Waals surface area contributed by atoms with Gasteiger partial charge in [-0.3, -0.25) is 0 Å². The highest BCUT2D eigenvalue weighted by molar-refractivity contribution is 5.50. The molecule has 0 spiro atoms. The molecule has 90 valence electrons. The lowest BCUT2D eigenvalue weighted by molar-refractivity contribution is 0.132. The van der Waals surface area contributed by atoms with E-state index < -0.39 is 12.1 Å². The fraction of sp³-hybridized carbons (Fsp3) is 0.455. The maximum atomic E-state index is 9.68. The standard InChI is InChI=1S/C11H17NO4/c1-2-3-7(14)11(12)10-8(15)4-6(13)5-9(10)16/h4-5,7,11,13-16H,2-3,12H2,1H3/t7-,11-/m0/s1. The monoisotopic (exact) mass is 227 g/mol. The van der Waals surface area contributed by atoms with Gasteiger partial charge in [-0.1, -0.05) is 13.3 Å². The molecule has 16 heavy (non-hydrogen) atoms. The minimum absolute atomic E-state index is 0.0544. The van der Waals surface area contributed by atoms with Crippen LogP contribution in [0.25, 0.3) is 0 Å². The molecule has 0 aliphatic rings. The summed E-state index contributed by atoms with van der Waals surface area (Å²) in [5, 5.41) is 37.9. The number of nitrogens with two attached hydrogens (primary N) is 1. The fourth-order valence-corrected chi connectivity index (χ4v) is 1.62. The van der Waals surface area contributed by atoms with Crippen LogP contribution in [0.4, 0.5) is 0 Å². The van der Waals surface area contributed by atoms with Crippen molar-refractivity contribution in [3.8, 4) is 17.2 Å². The van der Waals surface area contributed by atoms with Crippen LogP contribution in [0, 0.1) is 0 Å². The van der Waals surface area contributed by atoms with Gasteiger partial charge < -0.3 is 26.2 Å². The highest BCUT2D eigenvalue weighted by atomic mass is 16.3. The Kier molecular flexibility index (Phi) is 3.98. The van der Waals surface area contributed by atoms with Gasteiger partial charge in [0.15, 0.2) is 0 Å². The van der Waals surface area contributed by atoms with Crippen molar-refractivity contribution < 1.29 is 20.4 Å². The number of aromatic hydroxyl groups is 3. The molecule has 0 fully saturated rings. The number of phenolic OH excluding ortho intramolecular Hbond substituents is 3. The maximum Gasteiger partial charge on any atom is 0.127 e. The highest BCUT2D eigenvalue weighted by Crippen LogP contribution is 2.37. The number of rotatable bonds is 4. The summed E-state index contributed by atoms with van der Waals surface area (Å²) in [7, 11) is 0. The number of phenols is 3. The Bertz CT molecular complexity index is 344. The maximum absolute atomic E-state index is 9.68. The van der Waals surface area contributed by atoms with Gasteiger partial charge in [-0.05, 0) is 6.42 Å². The Morgan fingerprint density at radius 1 is 1.19 bits per heavy atom. The highest BCUT2D eigenvalue weighted by Gasteiger charge is 2.23. The Morgan fingerprint density at radius 2 is 1.69 bits per heavy atom. The third-order valence-electron chi connectivity index (χ3n) is 2.45. The topological polar surface area (TPSA) is 107 Å². The average Bonchev–Trinajstić information content (AvgIpc) is 2.16. The summed E-state index contributed by atoms with van der Waals surface area (Å²) in [5.74, 6) is -0.892. The van der Waals surface area contributed by atoms with E-state index in [1.807, 2.05) is 6.92 Å². The minimum atomic E-state index is -0.874. The number of benzene rings is 1. The first kappa shape index (κ1) is 12.6. The molecule has 0 aliphatic heterocycles. The molecule has 0 unspecified atom stereocenters. The van der Waals surface area contributed by atoms with E-state index >= 15 is 0 Å². The molecule has 0 radical (unpaired) electrons. The SMILES string of the molecule is CCC[C@H](O)[C@H](N)c1c(O)cc(O)cc1O. The summed E-state index contributed by atoms with van der Waals surface area (Å²) in [6.07, 6.45) is 0.376. The normalized spacial score (nSPS) is 14.7. The number of hydrogen-bond acceptors (Lipinski definition) is 5. The van der Waals surface area contributed by atoms with E-state index in [1.165, 1.54) is 0 Å². The molecule has 0 amide bonds. The largest absolute Gasteiger partial charge is 0.508 e. The molecular formula is C11H17NO4. The van der Waals surface area contributed by atoms with Gasteiger partial charge in [-0.25, -0.2) is 0 Å². The first-order chi connectivity index (χ1) is 7.47. The zero-order valence-electron chi connectivity index (χ0n) is 9.09. The van der Waals surface area contributed by atoms with Gasteiger partial charge in [0, 0.05) is 12.1 Å². The fourth-order valence-electron chi connectivity index (χ4n) is 1.62. The summed E-state index contributed by atoms with van der Waals surface area (Å²) >= 11 is 0. The van der Waals surface area contributed by atoms with E-state index in [2.05, 4.69) is 0 Å². The van der Waals surface area contributed by atoms with E-state index in [1.54, 1.807) is 0 Å². The molecule has 0 bridgehead atoms. The van der Waals surface area contributed by atoms with Gasteiger partial charge in [-0.15, -0.1) is 0 Å². The smallest absolute Gasteiger partial charge is 0.127 e. The van der Waals surface area contributed by atoms with E-state index in [0.29, 0.717) is 6.42 Å². The second kappa shape index (κ2) is 5.05. The molecule has 2 atom stereocenters. The summed E-state index contributed by atoms with van der Waals surface area (Å²) in [5.41, 5.74) is 5.78. The van der Waals surface area contributed by atoms with Crippen molar-refractivity contribution in [1.29, 1.82) is 0 Å². The van der Waals surface area contributed by atoms with Crippen LogP contribution in [0.5, 0.6) is 17.2 Å². The summed E-state index contributed by atoms with van der Waals surface area (Å²) < 4.78 is 0. The van der Waals surface area contributed by atoms with E-state index in [-0.39, 0.29) is 22.8 Å². The second-order valence-electron chi connectivity index (χ2n) is 3.78. The Hall–Kier alpha value is -1.46. The first-order valence-electron chi connectivity index (χ1n) is 5.15. The van der Waals surface area contributed by atoms with E-state index in [0.717, 1.165) is 18.6 Å². The number of aliphatic hydroxyl groups is 1. The van der Waals surface area contributed by atoms with Gasteiger partial charge in [0.1, 0.15) is 17.2 Å². The molecule has 0 saturated heterocycles. The molecule has 0 saturated carbocycles. The van der Waals surface area contributed by atoms with Crippen LogP contribution >= 0.6 is 0 Å². The second-order valence-corrected chi connectivity index (χ2v) is 3.78. The molecule has 1 aromatic rings. The summed E-state index contributed by atoms with van der Waals surface area (Å²) in [4.78, 5) is 0. The van der Waals surface area contributed by atoms with Crippen molar-refractivity contribution >= 4 is 0 Å². The number of aliphatic hydroxyl groups excluding tert-OH is 1. The average molecular weight is 227 g/mol. The van der Waals surface area contributed by atoms with E-state index in [9.17, 15) is 15.3 Å². The van der Waals surface area contributed by atoms with E-state index in [4.69, 9.17) is 10.8 Å².